The van der Waals surface area contributed by atoms with Gasteiger partial charge >= 0.3 is 0 Å². The molecule has 1 aliphatic heterocycles. The zero-order valence-corrected chi connectivity index (χ0v) is 11.4. The summed E-state index contributed by atoms with van der Waals surface area (Å²) in [6.07, 6.45) is 1.11. The normalized spacial score (nSPS) is 22.9. The zero-order chi connectivity index (χ0) is 12.8. The van der Waals surface area contributed by atoms with Crippen LogP contribution >= 0.6 is 0 Å². The predicted octanol–water partition coefficient (Wildman–Crippen LogP) is 1.54. The molecule has 1 saturated heterocycles. The van der Waals surface area contributed by atoms with E-state index in [-0.39, 0.29) is 0 Å². The Hall–Kier alpha value is -0.900. The third-order valence-electron chi connectivity index (χ3n) is 3.64. The van der Waals surface area contributed by atoms with Crippen molar-refractivity contribution in [1.82, 2.24) is 10.2 Å². The number of nitrogens with one attached hydrogen (secondary N) is 1. The lowest BCUT2D eigenvalue weighted by molar-refractivity contribution is 0.0784. The number of rotatable bonds is 5. The van der Waals surface area contributed by atoms with Crippen LogP contribution in [0.1, 0.15) is 12.5 Å². The minimum atomic E-state index is 0.510. The summed E-state index contributed by atoms with van der Waals surface area (Å²) in [5.41, 5.74) is 1.41. The summed E-state index contributed by atoms with van der Waals surface area (Å²) >= 11 is 0. The first kappa shape index (κ1) is 13.5. The van der Waals surface area contributed by atoms with Crippen LogP contribution in [-0.4, -0.2) is 50.3 Å². The maximum atomic E-state index is 5.25. The van der Waals surface area contributed by atoms with Crippen LogP contribution in [0.2, 0.25) is 0 Å². The number of hydrogen-bond donors (Lipinski definition) is 1. The molecule has 1 aromatic rings. The van der Waals surface area contributed by atoms with Crippen LogP contribution in [0, 0.1) is 0 Å². The fourth-order valence-corrected chi connectivity index (χ4v) is 2.63. The van der Waals surface area contributed by atoms with Crippen LogP contribution in [0.5, 0.6) is 0 Å². The van der Waals surface area contributed by atoms with E-state index < -0.39 is 0 Å². The van der Waals surface area contributed by atoms with Crippen molar-refractivity contribution in [2.45, 2.75) is 25.4 Å². The Morgan fingerprint density at radius 2 is 2.17 bits per heavy atom. The molecule has 1 N–H and O–H groups in total. The van der Waals surface area contributed by atoms with Crippen LogP contribution in [0.15, 0.2) is 30.3 Å². The summed E-state index contributed by atoms with van der Waals surface area (Å²) in [5.74, 6) is 0. The summed E-state index contributed by atoms with van der Waals surface area (Å²) in [6, 6.07) is 11.8. The molecule has 100 valence electrons. The molecule has 2 atom stereocenters. The van der Waals surface area contributed by atoms with Crippen LogP contribution in [0.3, 0.4) is 0 Å². The molecule has 0 amide bonds. The minimum Gasteiger partial charge on any atom is -0.383 e. The molecular weight excluding hydrogens is 224 g/mol. The number of hydrogen-bond acceptors (Lipinski definition) is 3. The van der Waals surface area contributed by atoms with Crippen LogP contribution in [0.25, 0.3) is 0 Å². The molecule has 2 unspecified atom stereocenters. The largest absolute Gasteiger partial charge is 0.383 e. The fraction of sp³-hybridized carbons (Fsp3) is 0.600. The van der Waals surface area contributed by atoms with Crippen molar-refractivity contribution >= 4 is 0 Å². The van der Waals surface area contributed by atoms with Gasteiger partial charge < -0.3 is 10.1 Å². The van der Waals surface area contributed by atoms with Gasteiger partial charge in [-0.25, -0.2) is 0 Å². The van der Waals surface area contributed by atoms with Crippen molar-refractivity contribution in [3.63, 3.8) is 0 Å². The van der Waals surface area contributed by atoms with Crippen LogP contribution in [0.4, 0.5) is 0 Å². The summed E-state index contributed by atoms with van der Waals surface area (Å²) in [6.45, 7) is 6.37. The molecule has 0 aliphatic carbocycles. The summed E-state index contributed by atoms with van der Waals surface area (Å²) < 4.78 is 5.25. The van der Waals surface area contributed by atoms with E-state index in [1.165, 1.54) is 5.56 Å². The lowest BCUT2D eigenvalue weighted by atomic mass is 10.0. The van der Waals surface area contributed by atoms with E-state index in [9.17, 15) is 0 Å². The highest BCUT2D eigenvalue weighted by Gasteiger charge is 2.22. The second-order valence-electron chi connectivity index (χ2n) is 5.14. The van der Waals surface area contributed by atoms with Gasteiger partial charge in [0.1, 0.15) is 0 Å². The molecule has 0 aromatic heterocycles. The van der Waals surface area contributed by atoms with Gasteiger partial charge in [0.15, 0.2) is 0 Å². The number of piperazine rings is 1. The van der Waals surface area contributed by atoms with Gasteiger partial charge in [-0.05, 0) is 18.9 Å². The lowest BCUT2D eigenvalue weighted by Crippen LogP contribution is -2.54. The first-order chi connectivity index (χ1) is 8.79. The monoisotopic (exact) mass is 248 g/mol. The van der Waals surface area contributed by atoms with Gasteiger partial charge in [0.05, 0.1) is 6.61 Å². The minimum absolute atomic E-state index is 0.510. The maximum absolute atomic E-state index is 5.25. The first-order valence-electron chi connectivity index (χ1n) is 6.80. The van der Waals surface area contributed by atoms with Gasteiger partial charge in [-0.3, -0.25) is 4.90 Å². The Kier molecular flexibility index (Phi) is 5.17. The number of nitrogens with zero attached hydrogens (tertiary/aromatic N) is 1. The second-order valence-corrected chi connectivity index (χ2v) is 5.14. The Bertz CT molecular complexity index is 342. The average Bonchev–Trinajstić information content (AvgIpc) is 2.40. The molecule has 0 saturated carbocycles. The molecule has 0 radical (unpaired) electrons. The molecule has 3 nitrogen and oxygen atoms in total. The van der Waals surface area contributed by atoms with Crippen LogP contribution in [-0.2, 0) is 11.2 Å². The van der Waals surface area contributed by atoms with E-state index in [0.29, 0.717) is 12.1 Å². The van der Waals surface area contributed by atoms with E-state index in [1.807, 2.05) is 0 Å². The molecule has 0 spiro atoms. The molecule has 2 rings (SSSR count). The molecule has 18 heavy (non-hydrogen) atoms. The fourth-order valence-electron chi connectivity index (χ4n) is 2.63. The Balaban J connectivity index is 1.87. The van der Waals surface area contributed by atoms with Crippen molar-refractivity contribution < 1.29 is 4.74 Å². The number of methoxy groups -OCH3 is 1. The molecule has 1 heterocycles. The number of benzene rings is 1. The van der Waals surface area contributed by atoms with E-state index in [0.717, 1.165) is 32.7 Å². The summed E-state index contributed by atoms with van der Waals surface area (Å²) in [4.78, 5) is 2.52. The van der Waals surface area contributed by atoms with E-state index in [1.54, 1.807) is 7.11 Å². The predicted molar refractivity (Wildman–Crippen MR) is 74.8 cm³/mol. The highest BCUT2D eigenvalue weighted by atomic mass is 16.5. The van der Waals surface area contributed by atoms with Crippen molar-refractivity contribution in [3.05, 3.63) is 35.9 Å². The van der Waals surface area contributed by atoms with Crippen molar-refractivity contribution in [3.8, 4) is 0 Å². The highest BCUT2D eigenvalue weighted by Crippen LogP contribution is 2.10. The highest BCUT2D eigenvalue weighted by molar-refractivity contribution is 5.16. The van der Waals surface area contributed by atoms with Gasteiger partial charge in [0.25, 0.3) is 0 Å². The quantitative estimate of drug-likeness (QED) is 0.855. The first-order valence-corrected chi connectivity index (χ1v) is 6.80. The van der Waals surface area contributed by atoms with E-state index in [4.69, 9.17) is 4.74 Å². The topological polar surface area (TPSA) is 24.5 Å². The molecular formula is C15H24N2O. The van der Waals surface area contributed by atoms with Gasteiger partial charge in [-0.1, -0.05) is 30.3 Å². The Morgan fingerprint density at radius 3 is 2.89 bits per heavy atom. The molecule has 1 fully saturated rings. The summed E-state index contributed by atoms with van der Waals surface area (Å²) in [7, 11) is 1.78. The van der Waals surface area contributed by atoms with Gasteiger partial charge in [-0.15, -0.1) is 0 Å². The van der Waals surface area contributed by atoms with Crippen molar-refractivity contribution in [2.75, 3.05) is 33.4 Å². The standard InChI is InChI=1S/C15H24N2O/c1-13(12-18-2)17-9-8-16-15(11-17)10-14-6-4-3-5-7-14/h3-7,13,15-16H,8-12H2,1-2H3. The molecule has 3 heteroatoms. The molecule has 1 aliphatic rings. The number of ether oxygens (including phenoxy) is 1. The molecule has 1 aromatic carbocycles. The zero-order valence-electron chi connectivity index (χ0n) is 11.4. The van der Waals surface area contributed by atoms with Gasteiger partial charge in [0.2, 0.25) is 0 Å². The second kappa shape index (κ2) is 6.88. The smallest absolute Gasteiger partial charge is 0.0615 e. The van der Waals surface area contributed by atoms with E-state index in [2.05, 4.69) is 47.5 Å². The summed E-state index contributed by atoms with van der Waals surface area (Å²) in [5, 5.41) is 3.61. The van der Waals surface area contributed by atoms with Gasteiger partial charge in [0, 0.05) is 38.8 Å². The third kappa shape index (κ3) is 3.80. The van der Waals surface area contributed by atoms with Crippen LogP contribution < -0.4 is 5.32 Å². The Morgan fingerprint density at radius 1 is 1.39 bits per heavy atom. The average molecular weight is 248 g/mol. The molecule has 0 bridgehead atoms. The Labute approximate surface area is 110 Å². The lowest BCUT2D eigenvalue weighted by Gasteiger charge is -2.37. The van der Waals surface area contributed by atoms with Crippen molar-refractivity contribution in [2.24, 2.45) is 0 Å². The maximum Gasteiger partial charge on any atom is 0.0615 e. The third-order valence-corrected chi connectivity index (χ3v) is 3.64. The van der Waals surface area contributed by atoms with Crippen molar-refractivity contribution in [1.29, 1.82) is 0 Å². The SMILES string of the molecule is COCC(C)N1CCNC(Cc2ccccc2)C1. The van der Waals surface area contributed by atoms with E-state index >= 15 is 0 Å². The van der Waals surface area contributed by atoms with Gasteiger partial charge in [-0.2, -0.15) is 0 Å².